The number of nitrogens with two attached hydrogens (primary N) is 1. The van der Waals surface area contributed by atoms with Crippen molar-refractivity contribution in [1.29, 1.82) is 0 Å². The molecule has 5 nitrogen and oxygen atoms in total. The highest BCUT2D eigenvalue weighted by molar-refractivity contribution is 7.89. The first-order valence-corrected chi connectivity index (χ1v) is 8.12. The van der Waals surface area contributed by atoms with Crippen LogP contribution < -0.4 is 10.5 Å². The van der Waals surface area contributed by atoms with Gasteiger partial charge in [0.25, 0.3) is 0 Å². The number of nitrogens with one attached hydrogen (secondary N) is 1. The number of hydrogen-bond donors (Lipinski definition) is 2. The summed E-state index contributed by atoms with van der Waals surface area (Å²) in [5, 5.41) is 0.350. The van der Waals surface area contributed by atoms with Gasteiger partial charge >= 0.3 is 0 Å². The minimum Gasteiger partial charge on any atom is -0.326 e. The van der Waals surface area contributed by atoms with E-state index < -0.39 is 10.0 Å². The third kappa shape index (κ3) is 3.52. The molecule has 2 rings (SSSR count). The second kappa shape index (κ2) is 5.98. The van der Waals surface area contributed by atoms with Crippen molar-refractivity contribution in [3.05, 3.63) is 45.4 Å². The molecule has 1 heterocycles. The predicted octanol–water partition coefficient (Wildman–Crippen LogP) is 1.73. The van der Waals surface area contributed by atoms with Gasteiger partial charge in [-0.25, -0.2) is 13.1 Å². The zero-order chi connectivity index (χ0) is 13.9. The number of benzene rings is 1. The van der Waals surface area contributed by atoms with E-state index in [0.29, 0.717) is 10.6 Å². The van der Waals surface area contributed by atoms with E-state index in [0.717, 1.165) is 4.88 Å². The molecule has 0 aliphatic rings. The van der Waals surface area contributed by atoms with Crippen LogP contribution in [0.3, 0.4) is 0 Å². The Morgan fingerprint density at radius 3 is 2.79 bits per heavy atom. The van der Waals surface area contributed by atoms with Crippen LogP contribution in [0.1, 0.15) is 10.4 Å². The van der Waals surface area contributed by atoms with Crippen molar-refractivity contribution in [2.45, 2.75) is 18.0 Å². The Labute approximate surface area is 120 Å². The third-order valence-corrected chi connectivity index (χ3v) is 5.01. The van der Waals surface area contributed by atoms with Crippen LogP contribution in [0.25, 0.3) is 0 Å². The van der Waals surface area contributed by atoms with E-state index in [1.165, 1.54) is 23.5 Å². The van der Waals surface area contributed by atoms with Gasteiger partial charge in [-0.05, 0) is 17.7 Å². The highest BCUT2D eigenvalue weighted by Gasteiger charge is 2.15. The Bertz CT molecular complexity index is 657. The fourth-order valence-electron chi connectivity index (χ4n) is 1.44. The normalized spacial score (nSPS) is 11.7. The van der Waals surface area contributed by atoms with Gasteiger partial charge in [-0.1, -0.05) is 17.7 Å². The van der Waals surface area contributed by atoms with E-state index in [4.69, 9.17) is 17.3 Å². The summed E-state index contributed by atoms with van der Waals surface area (Å²) < 4.78 is 26.6. The zero-order valence-electron chi connectivity index (χ0n) is 9.84. The molecule has 1 aromatic heterocycles. The van der Waals surface area contributed by atoms with E-state index in [-0.39, 0.29) is 18.0 Å². The number of hydrogen-bond acceptors (Lipinski definition) is 5. The molecular weight excluding hydrogens is 306 g/mol. The van der Waals surface area contributed by atoms with E-state index in [1.807, 2.05) is 0 Å². The summed E-state index contributed by atoms with van der Waals surface area (Å²) in [6.07, 6.45) is 1.62. The molecule has 8 heteroatoms. The number of rotatable bonds is 5. The number of aromatic nitrogens is 1. The summed E-state index contributed by atoms with van der Waals surface area (Å²) in [4.78, 5) is 4.85. The molecule has 0 bridgehead atoms. The van der Waals surface area contributed by atoms with E-state index >= 15 is 0 Å². The van der Waals surface area contributed by atoms with Gasteiger partial charge in [-0.15, -0.1) is 11.3 Å². The van der Waals surface area contributed by atoms with Gasteiger partial charge in [0.15, 0.2) is 0 Å². The number of halogens is 1. The second-order valence-corrected chi connectivity index (χ2v) is 6.89. The topological polar surface area (TPSA) is 85.1 Å². The first kappa shape index (κ1) is 14.4. The first-order valence-electron chi connectivity index (χ1n) is 5.38. The molecule has 102 valence electrons. The molecule has 19 heavy (non-hydrogen) atoms. The van der Waals surface area contributed by atoms with Gasteiger partial charge in [0.2, 0.25) is 10.0 Å². The molecule has 0 radical (unpaired) electrons. The Morgan fingerprint density at radius 2 is 2.21 bits per heavy atom. The zero-order valence-corrected chi connectivity index (χ0v) is 12.2. The quantitative estimate of drug-likeness (QED) is 0.879. The largest absolute Gasteiger partial charge is 0.326 e. The molecule has 0 fully saturated rings. The van der Waals surface area contributed by atoms with E-state index in [9.17, 15) is 8.42 Å². The van der Waals surface area contributed by atoms with E-state index in [2.05, 4.69) is 9.71 Å². The van der Waals surface area contributed by atoms with Crippen molar-refractivity contribution in [1.82, 2.24) is 9.71 Å². The summed E-state index contributed by atoms with van der Waals surface area (Å²) >= 11 is 7.34. The standard InChI is InChI=1S/C11H12ClN3O2S2/c12-11-3-10(2-1-8(11)4-13)19(16,17)15-6-9-5-14-7-18-9/h1-3,5,7,15H,4,6,13H2. The molecular formula is C11H12ClN3O2S2. The van der Waals surface area contributed by atoms with Crippen LogP contribution in [-0.2, 0) is 23.1 Å². The lowest BCUT2D eigenvalue weighted by atomic mass is 10.2. The van der Waals surface area contributed by atoms with Crippen LogP contribution in [0.15, 0.2) is 34.8 Å². The summed E-state index contributed by atoms with van der Waals surface area (Å²) in [7, 11) is -3.58. The van der Waals surface area contributed by atoms with Gasteiger partial charge in [0.05, 0.1) is 10.4 Å². The molecule has 0 amide bonds. The lowest BCUT2D eigenvalue weighted by molar-refractivity contribution is 0.581. The summed E-state index contributed by atoms with van der Waals surface area (Å²) in [5.74, 6) is 0. The Hall–Kier alpha value is -0.990. The summed E-state index contributed by atoms with van der Waals surface area (Å²) in [5.41, 5.74) is 7.84. The van der Waals surface area contributed by atoms with Gasteiger partial charge in [0.1, 0.15) is 0 Å². The molecule has 0 aliphatic heterocycles. The number of sulfonamides is 1. The Morgan fingerprint density at radius 1 is 1.42 bits per heavy atom. The molecule has 1 aromatic carbocycles. The molecule has 3 N–H and O–H groups in total. The Kier molecular flexibility index (Phi) is 4.54. The van der Waals surface area contributed by atoms with Crippen molar-refractivity contribution in [3.8, 4) is 0 Å². The fraction of sp³-hybridized carbons (Fsp3) is 0.182. The van der Waals surface area contributed by atoms with Crippen molar-refractivity contribution in [2.24, 2.45) is 5.73 Å². The van der Waals surface area contributed by atoms with Crippen LogP contribution in [-0.4, -0.2) is 13.4 Å². The molecule has 0 atom stereocenters. The monoisotopic (exact) mass is 317 g/mol. The third-order valence-electron chi connectivity index (χ3n) is 2.47. The van der Waals surface area contributed by atoms with Gasteiger partial charge in [-0.3, -0.25) is 4.98 Å². The average Bonchev–Trinajstić information content (AvgIpc) is 2.89. The molecule has 0 saturated carbocycles. The van der Waals surface area contributed by atoms with Crippen LogP contribution in [0.5, 0.6) is 0 Å². The summed E-state index contributed by atoms with van der Waals surface area (Å²) in [6, 6.07) is 4.51. The lowest BCUT2D eigenvalue weighted by Gasteiger charge is -2.07. The van der Waals surface area contributed by atoms with Crippen LogP contribution >= 0.6 is 22.9 Å². The minimum atomic E-state index is -3.58. The van der Waals surface area contributed by atoms with Gasteiger partial charge < -0.3 is 5.73 Å². The maximum atomic E-state index is 12.1. The molecule has 0 unspecified atom stereocenters. The maximum Gasteiger partial charge on any atom is 0.240 e. The van der Waals surface area contributed by atoms with E-state index in [1.54, 1.807) is 17.8 Å². The molecule has 2 aromatic rings. The maximum absolute atomic E-state index is 12.1. The first-order chi connectivity index (χ1) is 9.03. The number of thiazole rings is 1. The SMILES string of the molecule is NCc1ccc(S(=O)(=O)NCc2cncs2)cc1Cl. The van der Waals surface area contributed by atoms with Crippen molar-refractivity contribution >= 4 is 33.0 Å². The van der Waals surface area contributed by atoms with Gasteiger partial charge in [0, 0.05) is 29.2 Å². The van der Waals surface area contributed by atoms with Gasteiger partial charge in [-0.2, -0.15) is 0 Å². The van der Waals surface area contributed by atoms with Crippen molar-refractivity contribution in [2.75, 3.05) is 0 Å². The van der Waals surface area contributed by atoms with Crippen LogP contribution in [0, 0.1) is 0 Å². The lowest BCUT2D eigenvalue weighted by Crippen LogP contribution is -2.22. The second-order valence-electron chi connectivity index (χ2n) is 3.75. The highest BCUT2D eigenvalue weighted by atomic mass is 35.5. The molecule has 0 aliphatic carbocycles. The van der Waals surface area contributed by atoms with Crippen molar-refractivity contribution < 1.29 is 8.42 Å². The summed E-state index contributed by atoms with van der Waals surface area (Å²) in [6.45, 7) is 0.483. The predicted molar refractivity (Wildman–Crippen MR) is 75.5 cm³/mol. The van der Waals surface area contributed by atoms with Crippen molar-refractivity contribution in [3.63, 3.8) is 0 Å². The van der Waals surface area contributed by atoms with Crippen LogP contribution in [0.2, 0.25) is 5.02 Å². The minimum absolute atomic E-state index is 0.124. The fourth-order valence-corrected chi connectivity index (χ4v) is 3.42. The Balaban J connectivity index is 2.17. The van der Waals surface area contributed by atoms with Crippen LogP contribution in [0.4, 0.5) is 0 Å². The smallest absolute Gasteiger partial charge is 0.240 e. The number of nitrogens with zero attached hydrogens (tertiary/aromatic N) is 1. The molecule has 0 saturated heterocycles. The average molecular weight is 318 g/mol. The molecule has 0 spiro atoms. The highest BCUT2D eigenvalue weighted by Crippen LogP contribution is 2.20.